The summed E-state index contributed by atoms with van der Waals surface area (Å²) >= 11 is 0. The average molecular weight is 626 g/mol. The van der Waals surface area contributed by atoms with Gasteiger partial charge in [-0.3, -0.25) is 9.59 Å². The van der Waals surface area contributed by atoms with Crippen LogP contribution in [0.2, 0.25) is 0 Å². The largest absolute Gasteiger partial charge is 0.496 e. The van der Waals surface area contributed by atoms with E-state index in [1.54, 1.807) is 46.1 Å². The highest BCUT2D eigenvalue weighted by Gasteiger charge is 2.49. The minimum Gasteiger partial charge on any atom is -0.496 e. The molecule has 1 aliphatic heterocycles. The fraction of sp³-hybridized carbons (Fsp3) is 0.324. The van der Waals surface area contributed by atoms with Crippen LogP contribution in [-0.4, -0.2) is 45.2 Å². The number of ether oxygens (including phenoxy) is 5. The third-order valence-electron chi connectivity index (χ3n) is 8.35. The van der Waals surface area contributed by atoms with Crippen molar-refractivity contribution in [1.29, 1.82) is 0 Å². The Morgan fingerprint density at radius 3 is 2.24 bits per heavy atom. The Hall–Kier alpha value is -5.05. The highest BCUT2D eigenvalue weighted by atomic mass is 16.5. The minimum absolute atomic E-state index is 0.115. The zero-order chi connectivity index (χ0) is 32.8. The van der Waals surface area contributed by atoms with Gasteiger partial charge in [0.2, 0.25) is 0 Å². The van der Waals surface area contributed by atoms with Crippen LogP contribution < -0.4 is 19.5 Å². The molecule has 1 N–H and O–H groups in total. The van der Waals surface area contributed by atoms with E-state index in [0.717, 1.165) is 11.1 Å². The third kappa shape index (κ3) is 6.36. The summed E-state index contributed by atoms with van der Waals surface area (Å²) in [5.41, 5.74) is 4.12. The van der Waals surface area contributed by atoms with Crippen LogP contribution in [0.3, 0.4) is 0 Å². The molecule has 0 saturated carbocycles. The van der Waals surface area contributed by atoms with E-state index >= 15 is 0 Å². The number of dihydropyridines is 1. The van der Waals surface area contributed by atoms with Crippen LogP contribution in [-0.2, 0) is 30.5 Å². The van der Waals surface area contributed by atoms with E-state index in [-0.39, 0.29) is 18.8 Å². The topological polar surface area (TPSA) is 109 Å². The van der Waals surface area contributed by atoms with Gasteiger partial charge in [-0.2, -0.15) is 0 Å². The lowest BCUT2D eigenvalue weighted by atomic mass is 9.67. The van der Waals surface area contributed by atoms with Crippen LogP contribution in [0.5, 0.6) is 17.2 Å². The number of rotatable bonds is 11. The summed E-state index contributed by atoms with van der Waals surface area (Å²) in [5, 5.41) is 3.33. The fourth-order valence-electron chi connectivity index (χ4n) is 6.33. The Morgan fingerprint density at radius 2 is 1.54 bits per heavy atom. The zero-order valence-electron chi connectivity index (χ0n) is 26.8. The maximum Gasteiger partial charge on any atom is 0.336 e. The highest BCUT2D eigenvalue weighted by Crippen LogP contribution is 2.50. The molecule has 240 valence electrons. The van der Waals surface area contributed by atoms with Gasteiger partial charge in [0.15, 0.2) is 17.3 Å². The first-order chi connectivity index (χ1) is 22.3. The maximum absolute atomic E-state index is 14.7. The van der Waals surface area contributed by atoms with Gasteiger partial charge in [0.05, 0.1) is 33.0 Å². The number of para-hydroxylation sites is 1. The molecule has 1 aliphatic carbocycles. The Morgan fingerprint density at radius 1 is 0.848 bits per heavy atom. The number of allylic oxidation sites excluding steroid dienone is 3. The van der Waals surface area contributed by atoms with Crippen molar-refractivity contribution < 1.29 is 38.1 Å². The first-order valence-corrected chi connectivity index (χ1v) is 15.4. The summed E-state index contributed by atoms with van der Waals surface area (Å²) in [5.74, 6) is -2.65. The molecule has 0 saturated heterocycles. The summed E-state index contributed by atoms with van der Waals surface area (Å²) in [7, 11) is 3.09. The molecule has 0 bridgehead atoms. The predicted molar refractivity (Wildman–Crippen MR) is 171 cm³/mol. The van der Waals surface area contributed by atoms with Crippen molar-refractivity contribution in [3.05, 3.63) is 112 Å². The Kier molecular flexibility index (Phi) is 10.1. The van der Waals surface area contributed by atoms with Gasteiger partial charge in [-0.15, -0.1) is 0 Å². The quantitative estimate of drug-likeness (QED) is 0.203. The molecule has 0 radical (unpaired) electrons. The molecule has 0 aromatic heterocycles. The molecule has 0 spiro atoms. The second-order valence-electron chi connectivity index (χ2n) is 11.0. The number of nitrogens with one attached hydrogen (secondary N) is 1. The summed E-state index contributed by atoms with van der Waals surface area (Å²) in [4.78, 5) is 41.8. The number of carbonyl (C=O) groups excluding carboxylic acids is 3. The van der Waals surface area contributed by atoms with E-state index in [2.05, 4.69) is 5.32 Å². The Bertz CT molecular complexity index is 1680. The highest BCUT2D eigenvalue weighted by molar-refractivity contribution is 6.13. The van der Waals surface area contributed by atoms with E-state index in [9.17, 15) is 14.4 Å². The smallest absolute Gasteiger partial charge is 0.336 e. The molecule has 9 nitrogen and oxygen atoms in total. The normalized spacial score (nSPS) is 19.2. The van der Waals surface area contributed by atoms with Crippen molar-refractivity contribution in [2.75, 3.05) is 27.4 Å². The van der Waals surface area contributed by atoms with E-state index < -0.39 is 35.5 Å². The number of Topliss-reactive ketones (excluding diaryl/α,β-unsaturated/α-hetero) is 1. The van der Waals surface area contributed by atoms with Gasteiger partial charge >= 0.3 is 11.9 Å². The van der Waals surface area contributed by atoms with Crippen LogP contribution in [0.15, 0.2) is 95.3 Å². The summed E-state index contributed by atoms with van der Waals surface area (Å²) in [6, 6.07) is 22.5. The van der Waals surface area contributed by atoms with Crippen molar-refractivity contribution in [2.24, 2.45) is 5.92 Å². The van der Waals surface area contributed by atoms with Gasteiger partial charge in [0.1, 0.15) is 18.3 Å². The number of methoxy groups -OCH3 is 2. The lowest BCUT2D eigenvalue weighted by Gasteiger charge is -2.39. The van der Waals surface area contributed by atoms with E-state index in [1.807, 2.05) is 54.6 Å². The van der Waals surface area contributed by atoms with Crippen molar-refractivity contribution in [2.45, 2.75) is 45.6 Å². The van der Waals surface area contributed by atoms with E-state index in [0.29, 0.717) is 52.8 Å². The Labute approximate surface area is 269 Å². The van der Waals surface area contributed by atoms with Crippen LogP contribution in [0.4, 0.5) is 0 Å². The third-order valence-corrected chi connectivity index (χ3v) is 8.35. The van der Waals surface area contributed by atoms with Crippen LogP contribution >= 0.6 is 0 Å². The van der Waals surface area contributed by atoms with E-state index in [1.165, 1.54) is 7.11 Å². The number of ketones is 1. The van der Waals surface area contributed by atoms with E-state index in [4.69, 9.17) is 23.7 Å². The second kappa shape index (κ2) is 14.4. The molecule has 0 fully saturated rings. The van der Waals surface area contributed by atoms with Gasteiger partial charge < -0.3 is 29.0 Å². The van der Waals surface area contributed by atoms with Gasteiger partial charge in [-0.25, -0.2) is 4.79 Å². The van der Waals surface area contributed by atoms with Gasteiger partial charge in [-0.1, -0.05) is 54.6 Å². The van der Waals surface area contributed by atoms with Crippen molar-refractivity contribution in [1.82, 2.24) is 5.32 Å². The number of hydrogen-bond acceptors (Lipinski definition) is 9. The van der Waals surface area contributed by atoms with Crippen LogP contribution in [0.25, 0.3) is 0 Å². The average Bonchev–Trinajstić information content (AvgIpc) is 3.07. The molecular formula is C37H39NO8. The lowest BCUT2D eigenvalue weighted by Crippen LogP contribution is -2.43. The molecule has 46 heavy (non-hydrogen) atoms. The molecule has 3 aromatic rings. The molecule has 3 atom stereocenters. The molecule has 0 unspecified atom stereocenters. The number of hydrogen-bond donors (Lipinski definition) is 1. The fourth-order valence-corrected chi connectivity index (χ4v) is 6.33. The van der Waals surface area contributed by atoms with Crippen molar-refractivity contribution in [3.63, 3.8) is 0 Å². The van der Waals surface area contributed by atoms with Crippen LogP contribution in [0, 0.1) is 5.92 Å². The number of carbonyl (C=O) groups is 3. The van der Waals surface area contributed by atoms with Crippen molar-refractivity contribution in [3.8, 4) is 17.2 Å². The molecule has 2 aliphatic rings. The molecule has 1 heterocycles. The first kappa shape index (κ1) is 32.3. The lowest BCUT2D eigenvalue weighted by molar-refractivity contribution is -0.152. The Balaban J connectivity index is 1.63. The van der Waals surface area contributed by atoms with Gasteiger partial charge in [0, 0.05) is 28.8 Å². The monoisotopic (exact) mass is 625 g/mol. The van der Waals surface area contributed by atoms with Crippen LogP contribution in [0.1, 0.15) is 55.7 Å². The molecule has 9 heteroatoms. The zero-order valence-corrected chi connectivity index (χ0v) is 26.8. The summed E-state index contributed by atoms with van der Waals surface area (Å²) in [6.07, 6.45) is 0.310. The molecular weight excluding hydrogens is 586 g/mol. The van der Waals surface area contributed by atoms with Crippen molar-refractivity contribution >= 4 is 17.7 Å². The number of benzene rings is 3. The molecule has 5 rings (SSSR count). The van der Waals surface area contributed by atoms with Gasteiger partial charge in [-0.05, 0) is 62.1 Å². The SMILES string of the molecule is CCOC(=O)C1=C(C)NC2=C(C(=O)[C@@H](C(=O)OCC)[C@H](c3ccccc3OC)C2)[C@@H]1c1ccc(OCc2ccccc2)c(OC)c1. The first-order valence-electron chi connectivity index (χ1n) is 15.4. The minimum atomic E-state index is -1.16. The summed E-state index contributed by atoms with van der Waals surface area (Å²) < 4.78 is 28.4. The van der Waals surface area contributed by atoms with Gasteiger partial charge in [0.25, 0.3) is 0 Å². The standard InChI is InChI=1S/C37H39NO8/c1-6-44-36(40)31-22(3)38-27-20-26(25-15-11-12-16-28(25)42-4)33(37(41)45-7-2)35(39)34(27)32(31)24-17-18-29(30(19-24)43-5)46-21-23-13-9-8-10-14-23/h8-19,26,32-33,38H,6-7,20-21H2,1-5H3/t26-,32+,33-/m0/s1. The summed E-state index contributed by atoms with van der Waals surface area (Å²) in [6.45, 7) is 5.82. The maximum atomic E-state index is 14.7. The second-order valence-corrected chi connectivity index (χ2v) is 11.0. The molecule has 0 amide bonds. The molecule has 3 aromatic carbocycles. The predicted octanol–water partition coefficient (Wildman–Crippen LogP) is 6.00. The number of esters is 2.